The van der Waals surface area contributed by atoms with Crippen LogP contribution in [0, 0.1) is 0 Å². The molecular weight excluding hydrogens is 647 g/mol. The van der Waals surface area contributed by atoms with Crippen LogP contribution in [0.2, 0.25) is 0 Å². The molecule has 0 fully saturated rings. The summed E-state index contributed by atoms with van der Waals surface area (Å²) in [6.07, 6.45) is 0. The highest BCUT2D eigenvalue weighted by atomic mass is 32.1. The van der Waals surface area contributed by atoms with Gasteiger partial charge in [-0.25, -0.2) is 15.0 Å². The number of hydrogen-bond donors (Lipinski definition) is 0. The second-order valence-corrected chi connectivity index (χ2v) is 13.3. The first-order valence-electron chi connectivity index (χ1n) is 19.8. The van der Waals surface area contributed by atoms with Crippen LogP contribution in [-0.4, -0.2) is 15.0 Å². The van der Waals surface area contributed by atoms with E-state index in [1.54, 1.807) is 35.6 Å². The summed E-state index contributed by atoms with van der Waals surface area (Å²) in [4.78, 5) is 14.5. The first-order valence-corrected chi connectivity index (χ1v) is 17.1. The Hall–Kier alpha value is -6.63. The van der Waals surface area contributed by atoms with Crippen molar-refractivity contribution in [2.45, 2.75) is 0 Å². The van der Waals surface area contributed by atoms with Crippen molar-refractivity contribution >= 4 is 75.4 Å². The SMILES string of the molecule is [2H]c1cc(-c2cccc3oc4ccccc4c23)c2oc3ccc([2H])c(-c4nc(-c5ccc6c(c5)sc5ccccc56)nc(-c5c([2H])c([2H])c([2H])c([2H])c5[2H])n4)c3c2c1. The number of fused-ring (bicyclic) bond motifs is 9. The van der Waals surface area contributed by atoms with E-state index in [4.69, 9.17) is 32.0 Å². The average Bonchev–Trinajstić information content (AvgIpc) is 3.93. The maximum absolute atomic E-state index is 9.30. The van der Waals surface area contributed by atoms with Crippen LogP contribution >= 0.6 is 11.3 Å². The van der Waals surface area contributed by atoms with Crippen molar-refractivity contribution in [2.75, 3.05) is 0 Å². The number of nitrogens with zero attached hydrogens (tertiary/aromatic N) is 3. The van der Waals surface area contributed by atoms with Crippen molar-refractivity contribution in [3.8, 4) is 45.3 Å². The normalized spacial score (nSPS) is 13.8. The topological polar surface area (TPSA) is 65.0 Å². The van der Waals surface area contributed by atoms with Crippen molar-refractivity contribution in [1.82, 2.24) is 15.0 Å². The molecule has 0 spiro atoms. The highest BCUT2D eigenvalue weighted by Crippen LogP contribution is 2.44. The highest BCUT2D eigenvalue weighted by Gasteiger charge is 2.21. The summed E-state index contributed by atoms with van der Waals surface area (Å²) in [6, 6.07) is 32.1. The van der Waals surface area contributed by atoms with Crippen LogP contribution in [0.15, 0.2) is 160 Å². The molecule has 0 bridgehead atoms. The van der Waals surface area contributed by atoms with Gasteiger partial charge in [-0.1, -0.05) is 121 Å². The zero-order chi connectivity index (χ0) is 39.6. The van der Waals surface area contributed by atoms with Gasteiger partial charge in [0.2, 0.25) is 0 Å². The summed E-state index contributed by atoms with van der Waals surface area (Å²) < 4.78 is 76.0. The van der Waals surface area contributed by atoms with Gasteiger partial charge in [-0.3, -0.25) is 0 Å². The zero-order valence-corrected chi connectivity index (χ0v) is 27.3. The molecule has 6 heteroatoms. The van der Waals surface area contributed by atoms with E-state index in [1.807, 2.05) is 72.8 Å². The van der Waals surface area contributed by atoms with Crippen LogP contribution < -0.4 is 0 Å². The third-order valence-electron chi connectivity index (χ3n) is 9.30. The largest absolute Gasteiger partial charge is 0.456 e. The monoisotopic (exact) mass is 678 g/mol. The molecule has 11 rings (SSSR count). The molecule has 0 unspecified atom stereocenters. The minimum atomic E-state index is -0.535. The highest BCUT2D eigenvalue weighted by molar-refractivity contribution is 7.25. The van der Waals surface area contributed by atoms with E-state index >= 15 is 0 Å². The molecule has 0 N–H and O–H groups in total. The summed E-state index contributed by atoms with van der Waals surface area (Å²) in [5, 5.41) is 5.04. The van der Waals surface area contributed by atoms with E-state index < -0.39 is 30.2 Å². The van der Waals surface area contributed by atoms with Crippen LogP contribution in [0.1, 0.15) is 9.60 Å². The van der Waals surface area contributed by atoms with Crippen molar-refractivity contribution in [3.05, 3.63) is 151 Å². The number of benzene rings is 7. The van der Waals surface area contributed by atoms with Gasteiger partial charge in [0.15, 0.2) is 17.5 Å². The first-order chi connectivity index (χ1) is 28.1. The van der Waals surface area contributed by atoms with Crippen molar-refractivity contribution in [1.29, 1.82) is 0 Å². The standard InChI is InChI=1S/C45H25N3O2S/c1-2-11-26(12-3-1)43-46-44(27-23-24-29-28-13-5-7-22-38(28)51-39(29)25-27)48-45(47-43)34-18-10-21-37-41(34)33-17-8-16-31(42(33)50-37)30-15-9-20-36-40(30)32-14-4-6-19-35(32)49-36/h1-25H/i1D,2D,3D,8D,11D,12D,18D. The van der Waals surface area contributed by atoms with E-state index in [0.29, 0.717) is 38.6 Å². The van der Waals surface area contributed by atoms with Gasteiger partial charge in [0.1, 0.15) is 22.3 Å². The lowest BCUT2D eigenvalue weighted by Crippen LogP contribution is -2.00. The Morgan fingerprint density at radius 3 is 2.10 bits per heavy atom. The lowest BCUT2D eigenvalue weighted by molar-refractivity contribution is 0.668. The average molecular weight is 679 g/mol. The predicted molar refractivity (Wildman–Crippen MR) is 209 cm³/mol. The van der Waals surface area contributed by atoms with Crippen molar-refractivity contribution < 1.29 is 18.4 Å². The fourth-order valence-electron chi connectivity index (χ4n) is 7.05. The van der Waals surface area contributed by atoms with Gasteiger partial charge in [0.05, 0.1) is 9.60 Å². The minimum Gasteiger partial charge on any atom is -0.456 e. The molecule has 5 nitrogen and oxygen atoms in total. The van der Waals surface area contributed by atoms with Gasteiger partial charge in [-0.2, -0.15) is 0 Å². The molecular formula is C45H25N3O2S. The van der Waals surface area contributed by atoms with Gasteiger partial charge < -0.3 is 8.83 Å². The summed E-state index contributed by atoms with van der Waals surface area (Å²) >= 11 is 1.62. The van der Waals surface area contributed by atoms with Gasteiger partial charge in [-0.15, -0.1) is 11.3 Å². The first kappa shape index (κ1) is 22.2. The Bertz CT molecular complexity index is 3550. The third-order valence-corrected chi connectivity index (χ3v) is 10.4. The molecule has 0 saturated carbocycles. The maximum Gasteiger partial charge on any atom is 0.164 e. The number of thiophene rings is 1. The van der Waals surface area contributed by atoms with Crippen molar-refractivity contribution in [3.63, 3.8) is 0 Å². The Labute approximate surface area is 304 Å². The Balaban J connectivity index is 1.20. The number of rotatable bonds is 4. The smallest absolute Gasteiger partial charge is 0.164 e. The van der Waals surface area contributed by atoms with Gasteiger partial charge in [0, 0.05) is 64.0 Å². The van der Waals surface area contributed by atoms with Gasteiger partial charge >= 0.3 is 0 Å². The number of furan rings is 2. The van der Waals surface area contributed by atoms with Gasteiger partial charge in [0.25, 0.3) is 0 Å². The zero-order valence-electron chi connectivity index (χ0n) is 33.5. The second-order valence-electron chi connectivity index (χ2n) is 12.2. The number of para-hydroxylation sites is 2. The molecule has 0 saturated heterocycles. The van der Waals surface area contributed by atoms with Crippen molar-refractivity contribution in [2.24, 2.45) is 0 Å². The van der Waals surface area contributed by atoms with Crippen LogP contribution in [0.4, 0.5) is 0 Å². The van der Waals surface area contributed by atoms with E-state index in [1.165, 1.54) is 0 Å². The summed E-state index contributed by atoms with van der Waals surface area (Å²) in [7, 11) is 0. The molecule has 51 heavy (non-hydrogen) atoms. The van der Waals surface area contributed by atoms with Crippen LogP contribution in [0.3, 0.4) is 0 Å². The van der Waals surface area contributed by atoms with Crippen LogP contribution in [0.5, 0.6) is 0 Å². The van der Waals surface area contributed by atoms with E-state index in [0.717, 1.165) is 42.1 Å². The van der Waals surface area contributed by atoms with Crippen LogP contribution in [-0.2, 0) is 0 Å². The van der Waals surface area contributed by atoms with Crippen LogP contribution in [0.25, 0.3) is 109 Å². The fourth-order valence-corrected chi connectivity index (χ4v) is 8.20. The molecule has 0 radical (unpaired) electrons. The lowest BCUT2D eigenvalue weighted by Gasteiger charge is -2.09. The Morgan fingerprint density at radius 1 is 0.451 bits per heavy atom. The Kier molecular flexibility index (Phi) is 4.75. The molecule has 0 aliphatic rings. The number of aromatic nitrogens is 3. The summed E-state index contributed by atoms with van der Waals surface area (Å²) in [6.45, 7) is 0. The summed E-state index contributed by atoms with van der Waals surface area (Å²) in [5.74, 6) is 0.0928. The van der Waals surface area contributed by atoms with Gasteiger partial charge in [-0.05, 0) is 35.9 Å². The number of hydrogen-bond acceptors (Lipinski definition) is 6. The molecule has 4 heterocycles. The quantitative estimate of drug-likeness (QED) is 0.185. The molecule has 11 aromatic rings. The van der Waals surface area contributed by atoms with E-state index in [-0.39, 0.29) is 40.7 Å². The molecule has 0 amide bonds. The molecule has 4 aromatic heterocycles. The second kappa shape index (κ2) is 10.9. The Morgan fingerprint density at radius 2 is 1.18 bits per heavy atom. The van der Waals surface area contributed by atoms with E-state index in [9.17, 15) is 1.37 Å². The molecule has 0 aliphatic carbocycles. The van der Waals surface area contributed by atoms with E-state index in [2.05, 4.69) is 12.1 Å². The molecule has 7 aromatic carbocycles. The fraction of sp³-hybridized carbons (Fsp3) is 0. The molecule has 0 aliphatic heterocycles. The molecule has 238 valence electrons. The lowest BCUT2D eigenvalue weighted by atomic mass is 9.97. The molecule has 0 atom stereocenters. The predicted octanol–water partition coefficient (Wildman–Crippen LogP) is 12.7. The summed E-state index contributed by atoms with van der Waals surface area (Å²) in [5.41, 5.74) is 4.53. The third kappa shape index (κ3) is 4.37. The minimum absolute atomic E-state index is 0.0430. The maximum atomic E-state index is 9.30.